The zero-order valence-electron chi connectivity index (χ0n) is 13.5. The standard InChI is InChI=1S/C18H28N2O2/c1-18(19,15-9-5-4-6-10-15)17(21)20-13-14-22-16-11-7-2-3-8-12-16/h4-6,9-10,16H,2-3,7-8,11-14,19H2,1H3,(H,20,21). The molecule has 3 N–H and O–H groups in total. The molecule has 4 nitrogen and oxygen atoms in total. The molecule has 1 aromatic rings. The number of benzene rings is 1. The van der Waals surface area contributed by atoms with Gasteiger partial charge in [0.2, 0.25) is 5.91 Å². The molecule has 1 saturated carbocycles. The first-order chi connectivity index (χ1) is 10.6. The molecule has 122 valence electrons. The Morgan fingerprint density at radius 2 is 1.86 bits per heavy atom. The van der Waals surface area contributed by atoms with E-state index in [-0.39, 0.29) is 5.91 Å². The van der Waals surface area contributed by atoms with Crippen molar-refractivity contribution in [1.29, 1.82) is 0 Å². The molecule has 0 aliphatic heterocycles. The van der Waals surface area contributed by atoms with Crippen molar-refractivity contribution in [2.45, 2.75) is 57.1 Å². The van der Waals surface area contributed by atoms with Gasteiger partial charge < -0.3 is 15.8 Å². The maximum Gasteiger partial charge on any atom is 0.244 e. The van der Waals surface area contributed by atoms with Gasteiger partial charge >= 0.3 is 0 Å². The van der Waals surface area contributed by atoms with Crippen LogP contribution in [0.4, 0.5) is 0 Å². The third-order valence-corrected chi connectivity index (χ3v) is 4.39. The lowest BCUT2D eigenvalue weighted by atomic mass is 9.92. The molecule has 1 unspecified atom stereocenters. The molecule has 0 aromatic heterocycles. The Kier molecular flexibility index (Phi) is 6.40. The molecule has 0 heterocycles. The number of amides is 1. The monoisotopic (exact) mass is 304 g/mol. The summed E-state index contributed by atoms with van der Waals surface area (Å²) in [6.07, 6.45) is 7.80. The summed E-state index contributed by atoms with van der Waals surface area (Å²) in [5.74, 6) is -0.164. The van der Waals surface area contributed by atoms with Crippen LogP contribution in [0.2, 0.25) is 0 Å². The van der Waals surface area contributed by atoms with Crippen LogP contribution < -0.4 is 11.1 Å². The van der Waals surface area contributed by atoms with Gasteiger partial charge in [-0.2, -0.15) is 0 Å². The van der Waals surface area contributed by atoms with E-state index in [2.05, 4.69) is 5.32 Å². The van der Waals surface area contributed by atoms with Crippen molar-refractivity contribution in [3.05, 3.63) is 35.9 Å². The van der Waals surface area contributed by atoms with Gasteiger partial charge in [0.25, 0.3) is 0 Å². The first kappa shape index (κ1) is 17.0. The maximum atomic E-state index is 12.3. The average molecular weight is 304 g/mol. The Balaban J connectivity index is 1.73. The van der Waals surface area contributed by atoms with Crippen molar-refractivity contribution in [2.24, 2.45) is 5.73 Å². The van der Waals surface area contributed by atoms with Gasteiger partial charge in [-0.15, -0.1) is 0 Å². The van der Waals surface area contributed by atoms with Crippen LogP contribution in [-0.4, -0.2) is 25.2 Å². The number of ether oxygens (including phenoxy) is 1. The fourth-order valence-corrected chi connectivity index (χ4v) is 2.90. The van der Waals surface area contributed by atoms with E-state index < -0.39 is 5.54 Å². The Morgan fingerprint density at radius 1 is 1.23 bits per heavy atom. The van der Waals surface area contributed by atoms with Crippen LogP contribution >= 0.6 is 0 Å². The molecule has 1 aliphatic carbocycles. The third kappa shape index (κ3) is 4.82. The van der Waals surface area contributed by atoms with Crippen molar-refractivity contribution >= 4 is 5.91 Å². The highest BCUT2D eigenvalue weighted by atomic mass is 16.5. The summed E-state index contributed by atoms with van der Waals surface area (Å²) >= 11 is 0. The summed E-state index contributed by atoms with van der Waals surface area (Å²) in [5, 5.41) is 2.89. The lowest BCUT2D eigenvalue weighted by Gasteiger charge is -2.24. The van der Waals surface area contributed by atoms with Gasteiger partial charge in [-0.1, -0.05) is 56.0 Å². The highest BCUT2D eigenvalue weighted by Gasteiger charge is 2.29. The van der Waals surface area contributed by atoms with E-state index in [1.54, 1.807) is 6.92 Å². The normalized spacial score (nSPS) is 19.2. The van der Waals surface area contributed by atoms with Crippen LogP contribution in [0.25, 0.3) is 0 Å². The van der Waals surface area contributed by atoms with Gasteiger partial charge in [0.05, 0.1) is 12.7 Å². The molecule has 1 amide bonds. The van der Waals surface area contributed by atoms with Crippen LogP contribution in [-0.2, 0) is 15.1 Å². The van der Waals surface area contributed by atoms with Crippen LogP contribution in [0.1, 0.15) is 51.0 Å². The number of carbonyl (C=O) groups is 1. The highest BCUT2D eigenvalue weighted by molar-refractivity contribution is 5.86. The van der Waals surface area contributed by atoms with Crippen molar-refractivity contribution in [1.82, 2.24) is 5.32 Å². The first-order valence-electron chi connectivity index (χ1n) is 8.35. The third-order valence-electron chi connectivity index (χ3n) is 4.39. The first-order valence-corrected chi connectivity index (χ1v) is 8.35. The number of hydrogen-bond acceptors (Lipinski definition) is 3. The smallest absolute Gasteiger partial charge is 0.244 e. The van der Waals surface area contributed by atoms with Crippen LogP contribution in [0.3, 0.4) is 0 Å². The van der Waals surface area contributed by atoms with Gasteiger partial charge in [-0.3, -0.25) is 4.79 Å². The second-order valence-corrected chi connectivity index (χ2v) is 6.31. The molecular formula is C18H28N2O2. The molecular weight excluding hydrogens is 276 g/mol. The Hall–Kier alpha value is -1.39. The topological polar surface area (TPSA) is 64.4 Å². The highest BCUT2D eigenvalue weighted by Crippen LogP contribution is 2.20. The molecule has 1 atom stereocenters. The van der Waals surface area contributed by atoms with Crippen LogP contribution in [0.5, 0.6) is 0 Å². The molecule has 0 bridgehead atoms. The van der Waals surface area contributed by atoms with Crippen molar-refractivity contribution in [2.75, 3.05) is 13.2 Å². The molecule has 2 rings (SSSR count). The number of nitrogens with two attached hydrogens (primary N) is 1. The lowest BCUT2D eigenvalue weighted by molar-refractivity contribution is -0.126. The Labute approximate surface area is 133 Å². The van der Waals surface area contributed by atoms with E-state index in [0.717, 1.165) is 18.4 Å². The molecule has 1 aromatic carbocycles. The zero-order valence-corrected chi connectivity index (χ0v) is 13.5. The minimum Gasteiger partial charge on any atom is -0.376 e. The van der Waals surface area contributed by atoms with Gasteiger partial charge in [-0.25, -0.2) is 0 Å². The predicted molar refractivity (Wildman–Crippen MR) is 88.4 cm³/mol. The molecule has 22 heavy (non-hydrogen) atoms. The van der Waals surface area contributed by atoms with Crippen LogP contribution in [0, 0.1) is 0 Å². The van der Waals surface area contributed by atoms with E-state index >= 15 is 0 Å². The van der Waals surface area contributed by atoms with E-state index in [0.29, 0.717) is 19.3 Å². The van der Waals surface area contributed by atoms with E-state index in [1.807, 2.05) is 30.3 Å². The zero-order chi connectivity index (χ0) is 15.8. The SMILES string of the molecule is CC(N)(C(=O)NCCOC1CCCCCC1)c1ccccc1. The second kappa shape index (κ2) is 8.30. The minimum atomic E-state index is -1.01. The molecule has 1 fully saturated rings. The molecule has 0 saturated heterocycles. The van der Waals surface area contributed by atoms with Crippen molar-refractivity contribution in [3.63, 3.8) is 0 Å². The van der Waals surface area contributed by atoms with E-state index in [4.69, 9.17) is 10.5 Å². The van der Waals surface area contributed by atoms with Gasteiger partial charge in [0.15, 0.2) is 0 Å². The lowest BCUT2D eigenvalue weighted by Crippen LogP contribution is -2.49. The Bertz CT molecular complexity index is 451. The maximum absolute atomic E-state index is 12.3. The summed E-state index contributed by atoms with van der Waals surface area (Å²) < 4.78 is 5.88. The van der Waals surface area contributed by atoms with Crippen molar-refractivity contribution < 1.29 is 9.53 Å². The molecule has 0 spiro atoms. The van der Waals surface area contributed by atoms with E-state index in [1.165, 1.54) is 25.7 Å². The predicted octanol–water partition coefficient (Wildman–Crippen LogP) is 2.72. The summed E-state index contributed by atoms with van der Waals surface area (Å²) in [6.45, 7) is 2.81. The summed E-state index contributed by atoms with van der Waals surface area (Å²) in [6, 6.07) is 9.45. The minimum absolute atomic E-state index is 0.164. The average Bonchev–Trinajstić information content (AvgIpc) is 2.81. The number of nitrogens with one attached hydrogen (secondary N) is 1. The Morgan fingerprint density at radius 3 is 2.50 bits per heavy atom. The van der Waals surface area contributed by atoms with Gasteiger partial charge in [0.1, 0.15) is 5.54 Å². The summed E-state index contributed by atoms with van der Waals surface area (Å²) in [5.41, 5.74) is 5.98. The quantitative estimate of drug-likeness (QED) is 0.627. The largest absolute Gasteiger partial charge is 0.376 e. The number of carbonyl (C=O) groups excluding carboxylic acids is 1. The molecule has 4 heteroatoms. The second-order valence-electron chi connectivity index (χ2n) is 6.31. The fourth-order valence-electron chi connectivity index (χ4n) is 2.90. The van der Waals surface area contributed by atoms with E-state index in [9.17, 15) is 4.79 Å². The molecule has 0 radical (unpaired) electrons. The summed E-state index contributed by atoms with van der Waals surface area (Å²) in [7, 11) is 0. The van der Waals surface area contributed by atoms with Crippen molar-refractivity contribution in [3.8, 4) is 0 Å². The van der Waals surface area contributed by atoms with Gasteiger partial charge in [0, 0.05) is 6.54 Å². The van der Waals surface area contributed by atoms with Gasteiger partial charge in [-0.05, 0) is 25.3 Å². The molecule has 1 aliphatic rings. The van der Waals surface area contributed by atoms with Crippen LogP contribution in [0.15, 0.2) is 30.3 Å². The number of rotatable bonds is 6. The fraction of sp³-hybridized carbons (Fsp3) is 0.611. The number of hydrogen-bond donors (Lipinski definition) is 2. The summed E-state index contributed by atoms with van der Waals surface area (Å²) in [4.78, 5) is 12.3.